The van der Waals surface area contributed by atoms with Gasteiger partial charge >= 0.3 is 30.1 Å². The van der Waals surface area contributed by atoms with Crippen molar-refractivity contribution in [2.75, 3.05) is 13.7 Å². The molecule has 0 fully saturated rings. The number of carbonyl (C=O) groups excluding carboxylic acids is 2. The van der Waals surface area contributed by atoms with Crippen LogP contribution in [0.25, 0.3) is 0 Å². The van der Waals surface area contributed by atoms with E-state index in [0.717, 1.165) is 7.11 Å². The second-order valence-electron chi connectivity index (χ2n) is 4.35. The smallest absolute Gasteiger partial charge is 0.459 e. The first-order valence-corrected chi connectivity index (χ1v) is 6.07. The largest absolute Gasteiger partial charge is 0.464 e. The second-order valence-corrected chi connectivity index (χ2v) is 4.35. The average molecular weight is 357 g/mol. The molecule has 0 radical (unpaired) electrons. The molecule has 2 atom stereocenters. The summed E-state index contributed by atoms with van der Waals surface area (Å²) in [7, 11) is 0.769. The predicted molar refractivity (Wildman–Crippen MR) is 61.1 cm³/mol. The van der Waals surface area contributed by atoms with Gasteiger partial charge in [0, 0.05) is 0 Å². The van der Waals surface area contributed by atoms with Gasteiger partial charge in [-0.2, -0.15) is 30.7 Å². The minimum atomic E-state index is -6.56. The van der Waals surface area contributed by atoms with Gasteiger partial charge in [-0.25, -0.2) is 9.59 Å². The number of hydrogen-bond donors (Lipinski definition) is 1. The van der Waals surface area contributed by atoms with Crippen LogP contribution in [0.3, 0.4) is 0 Å². The molecule has 0 aromatic heterocycles. The first-order chi connectivity index (χ1) is 10.2. The summed E-state index contributed by atoms with van der Waals surface area (Å²) in [5.74, 6) is -16.7. The molecule has 2 unspecified atom stereocenters. The Bertz CT molecular complexity index is 439. The van der Waals surface area contributed by atoms with Crippen molar-refractivity contribution >= 4 is 12.1 Å². The third-order valence-corrected chi connectivity index (χ3v) is 2.85. The highest BCUT2D eigenvalue weighted by Gasteiger charge is 2.75. The van der Waals surface area contributed by atoms with Crippen LogP contribution >= 0.6 is 0 Å². The van der Waals surface area contributed by atoms with Gasteiger partial charge in [0.1, 0.15) is 6.04 Å². The molecular formula is C11H14F7NO4. The first-order valence-electron chi connectivity index (χ1n) is 6.07. The predicted octanol–water partition coefficient (Wildman–Crippen LogP) is 2.74. The number of carbonyl (C=O) groups is 2. The lowest BCUT2D eigenvalue weighted by atomic mass is 9.90. The van der Waals surface area contributed by atoms with E-state index < -0.39 is 42.0 Å². The monoisotopic (exact) mass is 357 g/mol. The number of hydrogen-bond acceptors (Lipinski definition) is 4. The summed E-state index contributed by atoms with van der Waals surface area (Å²) in [6, 6.07) is -2.48. The molecule has 0 aliphatic rings. The number of nitrogens with one attached hydrogen (secondary N) is 1. The van der Waals surface area contributed by atoms with Gasteiger partial charge in [-0.3, -0.25) is 0 Å². The minimum absolute atomic E-state index is 0.247. The standard InChI is InChI=1S/C11H14F7NO4/c1-4-23-7(20)6(19-8(21)22-3)5(2)9(12,13)10(14,15)11(16,17)18/h5-6H,4H2,1-3H3,(H,19,21). The average Bonchev–Trinajstić information content (AvgIpc) is 2.42. The molecule has 0 saturated carbocycles. The molecule has 23 heavy (non-hydrogen) atoms. The molecule has 0 heterocycles. The fourth-order valence-electron chi connectivity index (χ4n) is 1.49. The summed E-state index contributed by atoms with van der Waals surface area (Å²) < 4.78 is 98.1. The van der Waals surface area contributed by atoms with E-state index in [1.54, 1.807) is 0 Å². The highest BCUT2D eigenvalue weighted by Crippen LogP contribution is 2.50. The Morgan fingerprint density at radius 3 is 1.91 bits per heavy atom. The van der Waals surface area contributed by atoms with E-state index >= 15 is 0 Å². The topological polar surface area (TPSA) is 64.6 Å². The second kappa shape index (κ2) is 7.21. The van der Waals surface area contributed by atoms with E-state index in [-0.39, 0.29) is 13.5 Å². The van der Waals surface area contributed by atoms with Crippen molar-refractivity contribution in [3.8, 4) is 0 Å². The Balaban J connectivity index is 5.69. The lowest BCUT2D eigenvalue weighted by molar-refractivity contribution is -0.365. The molecule has 0 bridgehead atoms. The Morgan fingerprint density at radius 2 is 1.57 bits per heavy atom. The van der Waals surface area contributed by atoms with E-state index in [4.69, 9.17) is 0 Å². The number of halogens is 7. The van der Waals surface area contributed by atoms with Crippen molar-refractivity contribution in [2.24, 2.45) is 5.92 Å². The van der Waals surface area contributed by atoms with Crippen molar-refractivity contribution in [3.05, 3.63) is 0 Å². The fourth-order valence-corrected chi connectivity index (χ4v) is 1.49. The van der Waals surface area contributed by atoms with Gasteiger partial charge in [0.05, 0.1) is 19.6 Å². The van der Waals surface area contributed by atoms with E-state index in [1.165, 1.54) is 12.2 Å². The maximum absolute atomic E-state index is 13.6. The molecule has 0 saturated heterocycles. The molecule has 0 aliphatic carbocycles. The van der Waals surface area contributed by atoms with Crippen LogP contribution in [-0.2, 0) is 14.3 Å². The normalized spacial score (nSPS) is 15.6. The lowest BCUT2D eigenvalue weighted by Crippen LogP contribution is -2.61. The van der Waals surface area contributed by atoms with Gasteiger partial charge in [0.15, 0.2) is 0 Å². The number of methoxy groups -OCH3 is 1. The molecule has 0 rings (SSSR count). The van der Waals surface area contributed by atoms with Crippen LogP contribution < -0.4 is 5.32 Å². The van der Waals surface area contributed by atoms with Crippen LogP contribution in [0.4, 0.5) is 35.5 Å². The van der Waals surface area contributed by atoms with Crippen molar-refractivity contribution in [1.82, 2.24) is 5.32 Å². The van der Waals surface area contributed by atoms with Crippen molar-refractivity contribution in [3.63, 3.8) is 0 Å². The zero-order chi connectivity index (χ0) is 18.6. The van der Waals surface area contributed by atoms with Gasteiger partial charge in [-0.05, 0) is 6.92 Å². The summed E-state index contributed by atoms with van der Waals surface area (Å²) >= 11 is 0. The van der Waals surface area contributed by atoms with E-state index in [0.29, 0.717) is 0 Å². The number of alkyl halides is 7. The molecule has 136 valence electrons. The van der Waals surface area contributed by atoms with Gasteiger partial charge in [0.2, 0.25) is 0 Å². The Kier molecular flexibility index (Phi) is 6.67. The van der Waals surface area contributed by atoms with Crippen LogP contribution in [-0.4, -0.2) is 49.8 Å². The molecule has 1 N–H and O–H groups in total. The number of ether oxygens (including phenoxy) is 2. The van der Waals surface area contributed by atoms with Crippen molar-refractivity contribution < 1.29 is 49.8 Å². The van der Waals surface area contributed by atoms with Gasteiger partial charge < -0.3 is 14.8 Å². The summed E-state index contributed by atoms with van der Waals surface area (Å²) in [6.07, 6.45) is -8.05. The maximum atomic E-state index is 13.6. The van der Waals surface area contributed by atoms with Crippen molar-refractivity contribution in [2.45, 2.75) is 37.9 Å². The summed E-state index contributed by atoms with van der Waals surface area (Å²) in [5, 5.41) is 1.46. The Labute approximate surface area is 126 Å². The molecule has 12 heteroatoms. The number of amides is 1. The quantitative estimate of drug-likeness (QED) is 0.587. The van der Waals surface area contributed by atoms with Crippen LogP contribution in [0.1, 0.15) is 13.8 Å². The lowest BCUT2D eigenvalue weighted by Gasteiger charge is -2.35. The van der Waals surface area contributed by atoms with Crippen LogP contribution in [0, 0.1) is 5.92 Å². The molecule has 0 aliphatic heterocycles. The molecular weight excluding hydrogens is 343 g/mol. The minimum Gasteiger partial charge on any atom is -0.464 e. The van der Waals surface area contributed by atoms with Gasteiger partial charge in [-0.15, -0.1) is 0 Å². The highest BCUT2D eigenvalue weighted by molar-refractivity contribution is 5.81. The Hall–Kier alpha value is -1.75. The van der Waals surface area contributed by atoms with E-state index in [1.807, 2.05) is 0 Å². The van der Waals surface area contributed by atoms with Crippen LogP contribution in [0.5, 0.6) is 0 Å². The third kappa shape index (κ3) is 4.38. The number of alkyl carbamates (subject to hydrolysis) is 1. The molecule has 0 aromatic carbocycles. The Morgan fingerprint density at radius 1 is 1.09 bits per heavy atom. The summed E-state index contributed by atoms with van der Waals surface area (Å²) in [4.78, 5) is 22.5. The number of esters is 1. The molecule has 1 amide bonds. The van der Waals surface area contributed by atoms with Gasteiger partial charge in [0.25, 0.3) is 0 Å². The summed E-state index contributed by atoms with van der Waals surface area (Å²) in [6.45, 7) is 1.10. The van der Waals surface area contributed by atoms with Crippen molar-refractivity contribution in [1.29, 1.82) is 0 Å². The van der Waals surface area contributed by atoms with E-state index in [9.17, 15) is 40.3 Å². The van der Waals surface area contributed by atoms with Crippen LogP contribution in [0.2, 0.25) is 0 Å². The number of rotatable bonds is 6. The van der Waals surface area contributed by atoms with Gasteiger partial charge in [-0.1, -0.05) is 6.92 Å². The highest BCUT2D eigenvalue weighted by atomic mass is 19.4. The fraction of sp³-hybridized carbons (Fsp3) is 0.818. The molecule has 0 aromatic rings. The first kappa shape index (κ1) is 21.2. The summed E-state index contributed by atoms with van der Waals surface area (Å²) in [5.41, 5.74) is 0. The van der Waals surface area contributed by atoms with Crippen LogP contribution in [0.15, 0.2) is 0 Å². The molecule has 0 spiro atoms. The van der Waals surface area contributed by atoms with E-state index in [2.05, 4.69) is 9.47 Å². The third-order valence-electron chi connectivity index (χ3n) is 2.85. The maximum Gasteiger partial charge on any atom is 0.459 e. The zero-order valence-electron chi connectivity index (χ0n) is 12.1. The SMILES string of the molecule is CCOC(=O)C(NC(=O)OC)C(C)C(F)(F)C(F)(F)C(F)(F)F. The molecule has 5 nitrogen and oxygen atoms in total. The zero-order valence-corrected chi connectivity index (χ0v) is 12.1.